The Morgan fingerprint density at radius 1 is 1.32 bits per heavy atom. The van der Waals surface area contributed by atoms with Gasteiger partial charge in [0.25, 0.3) is 0 Å². The summed E-state index contributed by atoms with van der Waals surface area (Å²) in [7, 11) is 0. The smallest absolute Gasteiger partial charge is 0.129 e. The molecule has 0 radical (unpaired) electrons. The Balaban J connectivity index is 1.65. The third-order valence-corrected chi connectivity index (χ3v) is 3.46. The van der Waals surface area contributed by atoms with Gasteiger partial charge in [0.15, 0.2) is 0 Å². The van der Waals surface area contributed by atoms with E-state index in [1.54, 1.807) is 6.26 Å². The number of aromatic nitrogens is 1. The van der Waals surface area contributed by atoms with Crippen LogP contribution < -0.4 is 0 Å². The lowest BCUT2D eigenvalue weighted by Crippen LogP contribution is -2.36. The minimum atomic E-state index is -0.501. The van der Waals surface area contributed by atoms with E-state index < -0.39 is 6.10 Å². The zero-order chi connectivity index (χ0) is 15.6. The van der Waals surface area contributed by atoms with Crippen LogP contribution in [0, 0.1) is 0 Å². The largest absolute Gasteiger partial charge is 0.467 e. The molecule has 2 aromatic rings. The second-order valence-electron chi connectivity index (χ2n) is 5.21. The second-order valence-corrected chi connectivity index (χ2v) is 5.21. The molecule has 120 valence electrons. The van der Waals surface area contributed by atoms with Crippen LogP contribution in [0.3, 0.4) is 0 Å². The summed E-state index contributed by atoms with van der Waals surface area (Å²) < 4.78 is 10.6. The van der Waals surface area contributed by atoms with E-state index in [1.165, 1.54) is 0 Å². The van der Waals surface area contributed by atoms with E-state index in [0.717, 1.165) is 31.0 Å². The monoisotopic (exact) mass is 304 g/mol. The lowest BCUT2D eigenvalue weighted by atomic mass is 10.2. The molecule has 2 aromatic heterocycles. The average molecular weight is 304 g/mol. The summed E-state index contributed by atoms with van der Waals surface area (Å²) in [6.45, 7) is 5.16. The zero-order valence-electron chi connectivity index (χ0n) is 13.0. The molecule has 0 aliphatic heterocycles. The fourth-order valence-electron chi connectivity index (χ4n) is 2.24. The molecule has 0 aliphatic carbocycles. The predicted molar refractivity (Wildman–Crippen MR) is 84.4 cm³/mol. The number of hydrogen-bond acceptors (Lipinski definition) is 5. The highest BCUT2D eigenvalue weighted by atomic mass is 16.5. The molecule has 0 fully saturated rings. The fourth-order valence-corrected chi connectivity index (χ4v) is 2.24. The van der Waals surface area contributed by atoms with Crippen molar-refractivity contribution in [1.82, 2.24) is 9.88 Å². The van der Waals surface area contributed by atoms with Gasteiger partial charge in [0.1, 0.15) is 12.4 Å². The van der Waals surface area contributed by atoms with Crippen LogP contribution in [0.1, 0.15) is 18.4 Å². The lowest BCUT2D eigenvalue weighted by molar-refractivity contribution is 0.00593. The van der Waals surface area contributed by atoms with Crippen molar-refractivity contribution in [3.8, 4) is 0 Å². The van der Waals surface area contributed by atoms with Gasteiger partial charge in [-0.15, -0.1) is 0 Å². The zero-order valence-corrected chi connectivity index (χ0v) is 13.0. The van der Waals surface area contributed by atoms with Gasteiger partial charge < -0.3 is 19.2 Å². The third kappa shape index (κ3) is 5.97. The Morgan fingerprint density at radius 3 is 2.91 bits per heavy atom. The van der Waals surface area contributed by atoms with E-state index in [0.29, 0.717) is 19.8 Å². The topological polar surface area (TPSA) is 58.7 Å². The number of aliphatic hydroxyl groups excluding tert-OH is 1. The van der Waals surface area contributed by atoms with E-state index >= 15 is 0 Å². The summed E-state index contributed by atoms with van der Waals surface area (Å²) >= 11 is 0. The molecule has 5 nitrogen and oxygen atoms in total. The molecule has 0 bridgehead atoms. The van der Waals surface area contributed by atoms with Gasteiger partial charge in [0, 0.05) is 31.4 Å². The number of nitrogens with zero attached hydrogens (tertiary/aromatic N) is 2. The predicted octanol–water partition coefficient (Wildman–Crippen LogP) is 2.12. The van der Waals surface area contributed by atoms with Gasteiger partial charge >= 0.3 is 0 Å². The highest BCUT2D eigenvalue weighted by Crippen LogP contribution is 2.03. The first kappa shape index (κ1) is 16.7. The van der Waals surface area contributed by atoms with Crippen LogP contribution >= 0.6 is 0 Å². The van der Waals surface area contributed by atoms with Crippen molar-refractivity contribution < 1.29 is 14.3 Å². The van der Waals surface area contributed by atoms with Gasteiger partial charge in [-0.05, 0) is 30.8 Å². The van der Waals surface area contributed by atoms with Crippen molar-refractivity contribution in [2.75, 3.05) is 26.2 Å². The molecule has 0 spiro atoms. The first-order chi connectivity index (χ1) is 10.8. The molecular formula is C17H24N2O3. The Morgan fingerprint density at radius 2 is 2.23 bits per heavy atom. The quantitative estimate of drug-likeness (QED) is 0.728. The molecule has 0 saturated heterocycles. The minimum Gasteiger partial charge on any atom is -0.467 e. The number of furan rings is 1. The standard InChI is InChI=1S/C17H24N2O3/c1-2-19(10-8-15-6-3-4-9-18-15)12-16(20)13-21-14-17-7-5-11-22-17/h3-7,9,11,16,20H,2,8,10,12-14H2,1H3. The van der Waals surface area contributed by atoms with Gasteiger partial charge in [-0.25, -0.2) is 0 Å². The molecule has 1 N–H and O–H groups in total. The molecule has 0 amide bonds. The number of ether oxygens (including phenoxy) is 1. The van der Waals surface area contributed by atoms with E-state index in [-0.39, 0.29) is 0 Å². The van der Waals surface area contributed by atoms with Crippen LogP contribution in [0.2, 0.25) is 0 Å². The minimum absolute atomic E-state index is 0.306. The summed E-state index contributed by atoms with van der Waals surface area (Å²) in [4.78, 5) is 6.52. The molecule has 2 heterocycles. The number of likely N-dealkylation sites (N-methyl/N-ethyl adjacent to an activating group) is 1. The average Bonchev–Trinajstić information content (AvgIpc) is 3.05. The molecule has 0 aromatic carbocycles. The molecule has 1 atom stereocenters. The second kappa shape index (κ2) is 9.35. The van der Waals surface area contributed by atoms with Crippen molar-refractivity contribution in [1.29, 1.82) is 0 Å². The summed E-state index contributed by atoms with van der Waals surface area (Å²) in [5, 5.41) is 10.1. The van der Waals surface area contributed by atoms with Crippen LogP contribution in [-0.2, 0) is 17.8 Å². The van der Waals surface area contributed by atoms with Crippen molar-refractivity contribution >= 4 is 0 Å². The van der Waals surface area contributed by atoms with Gasteiger partial charge in [-0.1, -0.05) is 13.0 Å². The molecule has 22 heavy (non-hydrogen) atoms. The molecule has 5 heteroatoms. The van der Waals surface area contributed by atoms with Crippen molar-refractivity contribution in [3.63, 3.8) is 0 Å². The fraction of sp³-hybridized carbons (Fsp3) is 0.471. The Hall–Kier alpha value is -1.69. The van der Waals surface area contributed by atoms with Crippen LogP contribution in [0.25, 0.3) is 0 Å². The van der Waals surface area contributed by atoms with Crippen molar-refractivity contribution in [3.05, 3.63) is 54.2 Å². The van der Waals surface area contributed by atoms with Gasteiger partial charge in [0.05, 0.1) is 19.0 Å². The highest BCUT2D eigenvalue weighted by molar-refractivity contribution is 5.03. The van der Waals surface area contributed by atoms with Crippen LogP contribution in [-0.4, -0.2) is 47.3 Å². The Kier molecular flexibility index (Phi) is 7.09. The van der Waals surface area contributed by atoms with Crippen LogP contribution in [0.4, 0.5) is 0 Å². The summed E-state index contributed by atoms with van der Waals surface area (Å²) in [5.74, 6) is 0.773. The summed E-state index contributed by atoms with van der Waals surface area (Å²) in [5.41, 5.74) is 1.07. The van der Waals surface area contributed by atoms with E-state index in [4.69, 9.17) is 9.15 Å². The Bertz CT molecular complexity index is 502. The lowest BCUT2D eigenvalue weighted by Gasteiger charge is -2.23. The summed E-state index contributed by atoms with van der Waals surface area (Å²) in [6, 6.07) is 9.62. The maximum atomic E-state index is 10.1. The molecule has 2 rings (SSSR count). The maximum absolute atomic E-state index is 10.1. The summed E-state index contributed by atoms with van der Waals surface area (Å²) in [6.07, 6.45) is 3.81. The van der Waals surface area contributed by atoms with E-state index in [1.807, 2.05) is 36.5 Å². The van der Waals surface area contributed by atoms with Crippen LogP contribution in [0.5, 0.6) is 0 Å². The molecule has 0 aliphatic rings. The Labute approximate surface area is 131 Å². The number of hydrogen-bond donors (Lipinski definition) is 1. The van der Waals surface area contributed by atoms with E-state index in [9.17, 15) is 5.11 Å². The molecule has 0 saturated carbocycles. The molecular weight excluding hydrogens is 280 g/mol. The van der Waals surface area contributed by atoms with Gasteiger partial charge in [-0.3, -0.25) is 4.98 Å². The van der Waals surface area contributed by atoms with Crippen LogP contribution in [0.15, 0.2) is 47.2 Å². The number of pyridine rings is 1. The SMILES string of the molecule is CCN(CCc1ccccn1)CC(O)COCc1ccco1. The number of aliphatic hydroxyl groups is 1. The first-order valence-corrected chi connectivity index (χ1v) is 7.68. The molecule has 1 unspecified atom stereocenters. The van der Waals surface area contributed by atoms with Gasteiger partial charge in [-0.2, -0.15) is 0 Å². The first-order valence-electron chi connectivity index (χ1n) is 7.68. The van der Waals surface area contributed by atoms with E-state index in [2.05, 4.69) is 16.8 Å². The number of rotatable bonds is 10. The highest BCUT2D eigenvalue weighted by Gasteiger charge is 2.11. The van der Waals surface area contributed by atoms with Crippen molar-refractivity contribution in [2.24, 2.45) is 0 Å². The maximum Gasteiger partial charge on any atom is 0.129 e. The van der Waals surface area contributed by atoms with Crippen molar-refractivity contribution in [2.45, 2.75) is 26.1 Å². The third-order valence-electron chi connectivity index (χ3n) is 3.46. The van der Waals surface area contributed by atoms with Gasteiger partial charge in [0.2, 0.25) is 0 Å². The normalized spacial score (nSPS) is 12.7.